The fourth-order valence-electron chi connectivity index (χ4n) is 4.47. The predicted octanol–water partition coefficient (Wildman–Crippen LogP) is 3.42. The van der Waals surface area contributed by atoms with Crippen molar-refractivity contribution in [1.82, 2.24) is 9.78 Å². The number of nitrogens with zero attached hydrogens (tertiary/aromatic N) is 3. The first-order chi connectivity index (χ1) is 16.4. The molecule has 1 N–H and O–H groups in total. The lowest BCUT2D eigenvalue weighted by molar-refractivity contribution is -0.128. The van der Waals surface area contributed by atoms with Gasteiger partial charge in [0.15, 0.2) is 11.8 Å². The second-order valence-corrected chi connectivity index (χ2v) is 8.41. The molecule has 1 atom stereocenters. The highest BCUT2D eigenvalue weighted by molar-refractivity contribution is 6.11. The van der Waals surface area contributed by atoms with Crippen molar-refractivity contribution in [2.75, 3.05) is 16.8 Å². The summed E-state index contributed by atoms with van der Waals surface area (Å²) in [6, 6.07) is 12.9. The first kappa shape index (κ1) is 21.8. The summed E-state index contributed by atoms with van der Waals surface area (Å²) in [5.41, 5.74) is 3.58. The van der Waals surface area contributed by atoms with E-state index in [9.17, 15) is 18.8 Å². The molecule has 9 heteroatoms. The number of rotatable bonds is 4. The molecule has 34 heavy (non-hydrogen) atoms. The Morgan fingerprint density at radius 3 is 2.62 bits per heavy atom. The Labute approximate surface area is 195 Å². The van der Waals surface area contributed by atoms with E-state index in [1.54, 1.807) is 41.1 Å². The van der Waals surface area contributed by atoms with Crippen LogP contribution in [0.4, 0.5) is 15.8 Å². The molecule has 0 radical (unpaired) electrons. The van der Waals surface area contributed by atoms with E-state index in [2.05, 4.69) is 10.4 Å². The van der Waals surface area contributed by atoms with Gasteiger partial charge in [-0.1, -0.05) is 12.1 Å². The van der Waals surface area contributed by atoms with E-state index < -0.39 is 18.0 Å². The summed E-state index contributed by atoms with van der Waals surface area (Å²) < 4.78 is 20.6. The van der Waals surface area contributed by atoms with Crippen LogP contribution >= 0.6 is 0 Å². The van der Waals surface area contributed by atoms with Gasteiger partial charge in [-0.25, -0.2) is 13.9 Å². The van der Waals surface area contributed by atoms with E-state index in [1.807, 2.05) is 0 Å². The van der Waals surface area contributed by atoms with Crippen LogP contribution in [-0.4, -0.2) is 40.2 Å². The van der Waals surface area contributed by atoms with Crippen molar-refractivity contribution in [1.29, 1.82) is 0 Å². The summed E-state index contributed by atoms with van der Waals surface area (Å²) in [6.07, 6.45) is 2.15. The van der Waals surface area contributed by atoms with Crippen LogP contribution in [0.15, 0.2) is 48.5 Å². The van der Waals surface area contributed by atoms with E-state index >= 15 is 0 Å². The number of anilines is 2. The van der Waals surface area contributed by atoms with Crippen molar-refractivity contribution >= 4 is 29.2 Å². The highest BCUT2D eigenvalue weighted by Crippen LogP contribution is 2.30. The molecule has 8 nitrogen and oxygen atoms in total. The number of fused-ring (bicyclic) bond motifs is 2. The van der Waals surface area contributed by atoms with Crippen LogP contribution in [0.2, 0.25) is 0 Å². The van der Waals surface area contributed by atoms with Crippen LogP contribution in [0.1, 0.15) is 41.5 Å². The van der Waals surface area contributed by atoms with Crippen LogP contribution in [0.5, 0.6) is 0 Å². The Bertz CT molecular complexity index is 1280. The van der Waals surface area contributed by atoms with Gasteiger partial charge in [0.05, 0.1) is 17.1 Å². The molecule has 0 bridgehead atoms. The highest BCUT2D eigenvalue weighted by Gasteiger charge is 2.33. The van der Waals surface area contributed by atoms with Crippen LogP contribution < -0.4 is 10.2 Å². The van der Waals surface area contributed by atoms with Gasteiger partial charge in [0.2, 0.25) is 5.91 Å². The number of esters is 1. The lowest BCUT2D eigenvalue weighted by Crippen LogP contribution is -2.47. The predicted molar refractivity (Wildman–Crippen MR) is 122 cm³/mol. The average Bonchev–Trinajstić information content (AvgIpc) is 3.23. The van der Waals surface area contributed by atoms with Gasteiger partial charge < -0.3 is 10.1 Å². The lowest BCUT2D eigenvalue weighted by atomic mass is 9.95. The average molecular weight is 462 g/mol. The number of nitrogens with one attached hydrogen (secondary N) is 1. The van der Waals surface area contributed by atoms with Gasteiger partial charge in [0.1, 0.15) is 12.4 Å². The third-order valence-electron chi connectivity index (χ3n) is 6.11. The van der Waals surface area contributed by atoms with Gasteiger partial charge in [-0.05, 0) is 69.0 Å². The summed E-state index contributed by atoms with van der Waals surface area (Å²) in [5.74, 6) is -1.88. The van der Waals surface area contributed by atoms with Crippen molar-refractivity contribution in [3.05, 3.63) is 71.3 Å². The lowest BCUT2D eigenvalue weighted by Gasteiger charge is -2.30. The zero-order valence-electron chi connectivity index (χ0n) is 18.6. The highest BCUT2D eigenvalue weighted by atomic mass is 19.1. The molecule has 1 aromatic heterocycles. The van der Waals surface area contributed by atoms with Gasteiger partial charge in [0.25, 0.3) is 5.91 Å². The first-order valence-corrected chi connectivity index (χ1v) is 11.2. The normalized spacial score (nSPS) is 15.7. The van der Waals surface area contributed by atoms with Crippen LogP contribution in [0.25, 0.3) is 5.69 Å². The van der Waals surface area contributed by atoms with E-state index in [4.69, 9.17) is 4.74 Å². The zero-order chi connectivity index (χ0) is 23.8. The number of para-hydroxylation sites is 2. The number of amides is 2. The second kappa shape index (κ2) is 8.74. The smallest absolute Gasteiger partial charge is 0.359 e. The minimum absolute atomic E-state index is 0.160. The molecule has 5 rings (SSSR count). The Kier molecular flexibility index (Phi) is 5.61. The quantitative estimate of drug-likeness (QED) is 0.600. The van der Waals surface area contributed by atoms with Crippen LogP contribution in [0, 0.1) is 5.82 Å². The van der Waals surface area contributed by atoms with Crippen molar-refractivity contribution in [3.63, 3.8) is 0 Å². The maximum atomic E-state index is 13.4. The van der Waals surface area contributed by atoms with Crippen molar-refractivity contribution < 1.29 is 23.5 Å². The molecule has 0 spiro atoms. The molecule has 0 saturated carbocycles. The second-order valence-electron chi connectivity index (χ2n) is 8.41. The van der Waals surface area contributed by atoms with Crippen LogP contribution in [-0.2, 0) is 27.2 Å². The summed E-state index contributed by atoms with van der Waals surface area (Å²) in [6.45, 7) is 1.32. The maximum Gasteiger partial charge on any atom is 0.359 e. The SMILES string of the molecule is C[C@H](OC(=O)c1nn(-c2ccc(F)cc2)c2c1CCCC2)C(=O)N1CC(=O)Nc2ccccc21. The summed E-state index contributed by atoms with van der Waals surface area (Å²) in [5, 5.41) is 7.22. The molecule has 2 aliphatic rings. The molecule has 0 saturated heterocycles. The van der Waals surface area contributed by atoms with Gasteiger partial charge in [-0.15, -0.1) is 0 Å². The third-order valence-corrected chi connectivity index (χ3v) is 6.11. The standard InChI is InChI=1S/C25H23FN4O4/c1-15(24(32)29-14-22(31)27-19-7-3-5-9-21(19)29)34-25(33)23-18-6-2-4-8-20(18)30(28-23)17-12-10-16(26)11-13-17/h3,5,7,9-13,15H,2,4,6,8,14H2,1H3,(H,27,31)/t15-/m0/s1. The number of carbonyl (C=O) groups excluding carboxylic acids is 3. The van der Waals surface area contributed by atoms with Crippen molar-refractivity contribution in [3.8, 4) is 5.69 Å². The number of carbonyl (C=O) groups is 3. The minimum atomic E-state index is -1.12. The largest absolute Gasteiger partial charge is 0.448 e. The van der Waals surface area contributed by atoms with E-state index in [-0.39, 0.29) is 24.0 Å². The Morgan fingerprint density at radius 2 is 1.82 bits per heavy atom. The monoisotopic (exact) mass is 462 g/mol. The number of benzene rings is 2. The molecule has 174 valence electrons. The topological polar surface area (TPSA) is 93.5 Å². The molecule has 1 aliphatic heterocycles. The molecular weight excluding hydrogens is 439 g/mol. The van der Waals surface area contributed by atoms with E-state index in [1.165, 1.54) is 24.0 Å². The van der Waals surface area contributed by atoms with Gasteiger partial charge in [-0.3, -0.25) is 14.5 Å². The van der Waals surface area contributed by atoms with E-state index in [0.29, 0.717) is 23.5 Å². The summed E-state index contributed by atoms with van der Waals surface area (Å²) in [7, 11) is 0. The molecule has 2 heterocycles. The van der Waals surface area contributed by atoms with Gasteiger partial charge in [-0.2, -0.15) is 5.10 Å². The number of halogens is 1. The Balaban J connectivity index is 1.40. The molecule has 0 fully saturated rings. The summed E-state index contributed by atoms with van der Waals surface area (Å²) >= 11 is 0. The van der Waals surface area contributed by atoms with Crippen molar-refractivity contribution in [2.45, 2.75) is 38.7 Å². The van der Waals surface area contributed by atoms with Gasteiger partial charge >= 0.3 is 5.97 Å². The molecule has 2 aromatic carbocycles. The van der Waals surface area contributed by atoms with Crippen molar-refractivity contribution in [2.24, 2.45) is 0 Å². The third kappa shape index (κ3) is 3.93. The first-order valence-electron chi connectivity index (χ1n) is 11.2. The minimum Gasteiger partial charge on any atom is -0.448 e. The fraction of sp³-hybridized carbons (Fsp3) is 0.280. The Hall–Kier alpha value is -4.01. The number of hydrogen-bond acceptors (Lipinski definition) is 5. The zero-order valence-corrected chi connectivity index (χ0v) is 18.6. The Morgan fingerprint density at radius 1 is 1.09 bits per heavy atom. The van der Waals surface area contributed by atoms with Gasteiger partial charge in [0, 0.05) is 11.3 Å². The molecule has 0 unspecified atom stereocenters. The summed E-state index contributed by atoms with van der Waals surface area (Å²) in [4.78, 5) is 39.6. The number of aromatic nitrogens is 2. The molecular formula is C25H23FN4O4. The molecule has 2 amide bonds. The number of hydrogen-bond donors (Lipinski definition) is 1. The van der Waals surface area contributed by atoms with Crippen LogP contribution in [0.3, 0.4) is 0 Å². The van der Waals surface area contributed by atoms with E-state index in [0.717, 1.165) is 30.5 Å². The fourth-order valence-corrected chi connectivity index (χ4v) is 4.47. The number of ether oxygens (including phenoxy) is 1. The molecule has 1 aliphatic carbocycles. The molecule has 3 aromatic rings. The maximum absolute atomic E-state index is 13.4.